The average molecular weight is 190 g/mol. The molecule has 0 fully saturated rings. The van der Waals surface area contributed by atoms with E-state index in [0.717, 1.165) is 5.92 Å². The smallest absolute Gasteiger partial charge is 0.0229 e. The van der Waals surface area contributed by atoms with Crippen molar-refractivity contribution in [2.75, 3.05) is 0 Å². The molecule has 1 rings (SSSR count). The van der Waals surface area contributed by atoms with Crippen molar-refractivity contribution < 1.29 is 0 Å². The Bertz CT molecular complexity index is 276. The van der Waals surface area contributed by atoms with E-state index in [9.17, 15) is 0 Å². The predicted octanol–water partition coefficient (Wildman–Crippen LogP) is 4.65. The quantitative estimate of drug-likeness (QED) is 0.522. The Hall–Kier alpha value is -0.780. The van der Waals surface area contributed by atoms with Crippen molar-refractivity contribution in [1.29, 1.82) is 0 Å². The molecule has 0 bridgehead atoms. The van der Waals surface area contributed by atoms with Crippen molar-refractivity contribution in [2.24, 2.45) is 5.92 Å². The second-order valence-corrected chi connectivity index (χ2v) is 4.53. The summed E-state index contributed by atoms with van der Waals surface area (Å²) in [5, 5.41) is 0. The highest BCUT2D eigenvalue weighted by Crippen LogP contribution is 2.23. The van der Waals surface area contributed by atoms with Crippen molar-refractivity contribution in [3.8, 4) is 0 Å². The molecule has 0 heteroatoms. The van der Waals surface area contributed by atoms with Crippen LogP contribution in [0, 0.1) is 5.92 Å². The molecular weight excluding hydrogens is 168 g/mol. The zero-order valence-corrected chi connectivity index (χ0v) is 9.93. The molecule has 0 amide bonds. The van der Waals surface area contributed by atoms with Crippen LogP contribution in [0.5, 0.6) is 0 Å². The van der Waals surface area contributed by atoms with Crippen molar-refractivity contribution in [1.82, 2.24) is 0 Å². The molecular formula is C14H22. The third kappa shape index (κ3) is 3.17. The van der Waals surface area contributed by atoms with Gasteiger partial charge < -0.3 is 0 Å². The summed E-state index contributed by atoms with van der Waals surface area (Å²) in [6, 6.07) is 0. The highest BCUT2D eigenvalue weighted by molar-refractivity contribution is 5.27. The SMILES string of the molecule is C\C1=C/C=C\C(C)=C(/C)C(C)CCC1. The fourth-order valence-corrected chi connectivity index (χ4v) is 1.86. The summed E-state index contributed by atoms with van der Waals surface area (Å²) < 4.78 is 0. The van der Waals surface area contributed by atoms with Crippen LogP contribution in [0.3, 0.4) is 0 Å². The third-order valence-corrected chi connectivity index (χ3v) is 3.30. The van der Waals surface area contributed by atoms with Crippen LogP contribution in [0.25, 0.3) is 0 Å². The van der Waals surface area contributed by atoms with Gasteiger partial charge in [0, 0.05) is 0 Å². The van der Waals surface area contributed by atoms with Gasteiger partial charge >= 0.3 is 0 Å². The Morgan fingerprint density at radius 3 is 2.64 bits per heavy atom. The van der Waals surface area contributed by atoms with Gasteiger partial charge in [0.25, 0.3) is 0 Å². The van der Waals surface area contributed by atoms with Crippen LogP contribution in [0.2, 0.25) is 0 Å². The lowest BCUT2D eigenvalue weighted by atomic mass is 9.91. The maximum Gasteiger partial charge on any atom is -0.0229 e. The molecule has 0 aliphatic heterocycles. The molecule has 0 saturated carbocycles. The first-order chi connectivity index (χ1) is 6.61. The van der Waals surface area contributed by atoms with Gasteiger partial charge in [-0.2, -0.15) is 0 Å². The van der Waals surface area contributed by atoms with Gasteiger partial charge in [0.15, 0.2) is 0 Å². The minimum atomic E-state index is 0.741. The molecule has 0 aromatic heterocycles. The van der Waals surface area contributed by atoms with E-state index in [0.29, 0.717) is 0 Å². The van der Waals surface area contributed by atoms with Gasteiger partial charge in [-0.1, -0.05) is 41.9 Å². The highest BCUT2D eigenvalue weighted by atomic mass is 14.1. The van der Waals surface area contributed by atoms with Gasteiger partial charge in [0.05, 0.1) is 0 Å². The highest BCUT2D eigenvalue weighted by Gasteiger charge is 2.06. The standard InChI is InChI=1S/C14H22/c1-11-7-5-9-12(2)14(4)13(3)10-6-8-11/h5,7,9,13H,6,8,10H2,1-4H3/b9-5-,11-7+,14-12+. The van der Waals surface area contributed by atoms with E-state index in [1.807, 2.05) is 0 Å². The Labute approximate surface area is 88.4 Å². The van der Waals surface area contributed by atoms with Crippen LogP contribution in [0.4, 0.5) is 0 Å². The third-order valence-electron chi connectivity index (χ3n) is 3.30. The minimum absolute atomic E-state index is 0.741. The Morgan fingerprint density at radius 1 is 1.21 bits per heavy atom. The van der Waals surface area contributed by atoms with E-state index < -0.39 is 0 Å². The number of rotatable bonds is 0. The number of hydrogen-bond donors (Lipinski definition) is 0. The maximum absolute atomic E-state index is 2.34. The predicted molar refractivity (Wildman–Crippen MR) is 64.3 cm³/mol. The number of allylic oxidation sites excluding steroid dienone is 6. The molecule has 78 valence electrons. The van der Waals surface area contributed by atoms with E-state index in [4.69, 9.17) is 0 Å². The summed E-state index contributed by atoms with van der Waals surface area (Å²) in [5.74, 6) is 0.741. The average Bonchev–Trinajstić information content (AvgIpc) is 2.15. The lowest BCUT2D eigenvalue weighted by Crippen LogP contribution is -1.99. The van der Waals surface area contributed by atoms with Gasteiger partial charge in [-0.05, 0) is 46.0 Å². The summed E-state index contributed by atoms with van der Waals surface area (Å²) in [6.07, 6.45) is 10.6. The molecule has 0 heterocycles. The fraction of sp³-hybridized carbons (Fsp3) is 0.571. The Kier molecular flexibility index (Phi) is 4.19. The van der Waals surface area contributed by atoms with Crippen LogP contribution in [-0.2, 0) is 0 Å². The van der Waals surface area contributed by atoms with Crippen LogP contribution in [0.1, 0.15) is 47.0 Å². The van der Waals surface area contributed by atoms with Crippen LogP contribution >= 0.6 is 0 Å². The summed E-state index contributed by atoms with van der Waals surface area (Å²) in [5.41, 5.74) is 4.48. The van der Waals surface area contributed by atoms with E-state index in [1.54, 1.807) is 5.57 Å². The summed E-state index contributed by atoms with van der Waals surface area (Å²) >= 11 is 0. The summed E-state index contributed by atoms with van der Waals surface area (Å²) in [4.78, 5) is 0. The lowest BCUT2D eigenvalue weighted by molar-refractivity contribution is 0.574. The molecule has 1 aliphatic rings. The molecule has 0 aromatic carbocycles. The van der Waals surface area contributed by atoms with Crippen molar-refractivity contribution >= 4 is 0 Å². The molecule has 0 nitrogen and oxygen atoms in total. The molecule has 0 spiro atoms. The van der Waals surface area contributed by atoms with Gasteiger partial charge in [0.2, 0.25) is 0 Å². The zero-order valence-electron chi connectivity index (χ0n) is 9.93. The second kappa shape index (κ2) is 5.19. The molecule has 1 atom stereocenters. The van der Waals surface area contributed by atoms with E-state index >= 15 is 0 Å². The molecule has 0 N–H and O–H groups in total. The number of hydrogen-bond acceptors (Lipinski definition) is 0. The Balaban J connectivity index is 2.88. The molecule has 1 unspecified atom stereocenters. The molecule has 0 radical (unpaired) electrons. The topological polar surface area (TPSA) is 0 Å². The van der Waals surface area contributed by atoms with E-state index in [-0.39, 0.29) is 0 Å². The summed E-state index contributed by atoms with van der Waals surface area (Å²) in [7, 11) is 0. The first kappa shape index (κ1) is 11.3. The van der Waals surface area contributed by atoms with Crippen molar-refractivity contribution in [3.63, 3.8) is 0 Å². The molecule has 0 aromatic rings. The molecule has 1 aliphatic carbocycles. The molecule has 0 saturated heterocycles. The van der Waals surface area contributed by atoms with Crippen LogP contribution < -0.4 is 0 Å². The maximum atomic E-state index is 2.34. The largest absolute Gasteiger partial charge is 0.0733 e. The zero-order chi connectivity index (χ0) is 10.6. The molecule has 14 heavy (non-hydrogen) atoms. The van der Waals surface area contributed by atoms with Gasteiger partial charge in [-0.15, -0.1) is 0 Å². The second-order valence-electron chi connectivity index (χ2n) is 4.53. The van der Waals surface area contributed by atoms with Gasteiger partial charge in [-0.25, -0.2) is 0 Å². The monoisotopic (exact) mass is 190 g/mol. The van der Waals surface area contributed by atoms with Crippen LogP contribution in [-0.4, -0.2) is 0 Å². The Morgan fingerprint density at radius 2 is 1.93 bits per heavy atom. The lowest BCUT2D eigenvalue weighted by Gasteiger charge is -2.15. The van der Waals surface area contributed by atoms with Gasteiger partial charge in [-0.3, -0.25) is 0 Å². The van der Waals surface area contributed by atoms with Gasteiger partial charge in [0.1, 0.15) is 0 Å². The van der Waals surface area contributed by atoms with Crippen molar-refractivity contribution in [2.45, 2.75) is 47.0 Å². The van der Waals surface area contributed by atoms with Crippen LogP contribution in [0.15, 0.2) is 34.9 Å². The summed E-state index contributed by atoms with van der Waals surface area (Å²) in [6.45, 7) is 9.05. The first-order valence-corrected chi connectivity index (χ1v) is 5.62. The normalized spacial score (nSPS) is 36.0. The first-order valence-electron chi connectivity index (χ1n) is 5.62. The fourth-order valence-electron chi connectivity index (χ4n) is 1.86. The van der Waals surface area contributed by atoms with E-state index in [1.165, 1.54) is 30.4 Å². The minimum Gasteiger partial charge on any atom is -0.0733 e. The van der Waals surface area contributed by atoms with Crippen molar-refractivity contribution in [3.05, 3.63) is 34.9 Å². The van der Waals surface area contributed by atoms with E-state index in [2.05, 4.69) is 45.9 Å².